The van der Waals surface area contributed by atoms with E-state index in [2.05, 4.69) is 10.4 Å². The number of aromatic nitrogens is 2. The number of hydrogen-bond donors (Lipinski definition) is 2. The Kier molecular flexibility index (Phi) is 5.27. The number of carbonyl (C=O) groups excluding carboxylic acids is 1. The molecule has 1 amide bonds. The van der Waals surface area contributed by atoms with Crippen LogP contribution in [0.2, 0.25) is 0 Å². The molecule has 5 nitrogen and oxygen atoms in total. The molecule has 2 rings (SSSR count). The van der Waals surface area contributed by atoms with E-state index in [1.165, 1.54) is 18.8 Å². The first kappa shape index (κ1) is 15.9. The molecule has 0 radical (unpaired) electrons. The molecule has 1 aliphatic carbocycles. The van der Waals surface area contributed by atoms with Crippen LogP contribution in [0.1, 0.15) is 38.5 Å². The lowest BCUT2D eigenvalue weighted by Crippen LogP contribution is -2.36. The fraction of sp³-hybridized carbons (Fsp3) is 0.714. The third-order valence-electron chi connectivity index (χ3n) is 4.12. The van der Waals surface area contributed by atoms with Crippen molar-refractivity contribution in [1.29, 1.82) is 0 Å². The fourth-order valence-electron chi connectivity index (χ4n) is 2.97. The molecule has 0 bridgehead atoms. The minimum atomic E-state index is -2.46. The molecule has 1 heterocycles. The average Bonchev–Trinajstić information content (AvgIpc) is 2.85. The molecule has 0 unspecified atom stereocenters. The van der Waals surface area contributed by atoms with Gasteiger partial charge in [-0.05, 0) is 24.8 Å². The zero-order valence-corrected chi connectivity index (χ0v) is 12.0. The van der Waals surface area contributed by atoms with Gasteiger partial charge in [0.15, 0.2) is 0 Å². The van der Waals surface area contributed by atoms with Crippen molar-refractivity contribution < 1.29 is 13.6 Å². The van der Waals surface area contributed by atoms with Crippen LogP contribution in [0.15, 0.2) is 12.4 Å². The smallest absolute Gasteiger partial charge is 0.257 e. The Morgan fingerprint density at radius 3 is 2.76 bits per heavy atom. The zero-order chi connectivity index (χ0) is 15.3. The Hall–Kier alpha value is -1.50. The van der Waals surface area contributed by atoms with Crippen LogP contribution in [-0.2, 0) is 11.3 Å². The highest BCUT2D eigenvalue weighted by atomic mass is 19.3. The molecular weight excluding hydrogens is 278 g/mol. The molecule has 1 aromatic heterocycles. The third kappa shape index (κ3) is 4.49. The second kappa shape index (κ2) is 6.98. The van der Waals surface area contributed by atoms with E-state index in [1.54, 1.807) is 0 Å². The maximum atomic E-state index is 12.2. The normalized spacial score (nSPS) is 17.9. The highest BCUT2D eigenvalue weighted by Gasteiger charge is 2.33. The largest absolute Gasteiger partial charge is 0.330 e. The molecule has 21 heavy (non-hydrogen) atoms. The van der Waals surface area contributed by atoms with Crippen LogP contribution in [0.3, 0.4) is 0 Å². The number of anilines is 1. The topological polar surface area (TPSA) is 72.9 Å². The van der Waals surface area contributed by atoms with Gasteiger partial charge in [0.2, 0.25) is 5.91 Å². The summed E-state index contributed by atoms with van der Waals surface area (Å²) in [6, 6.07) is 0. The number of halogens is 2. The standard InChI is InChI=1S/C14H22F2N4O/c15-12(16)9-20-8-11(7-18-20)19-13(21)6-14(10-17)4-2-1-3-5-14/h7-8,12H,1-6,9-10,17H2,(H,19,21). The molecule has 1 saturated carbocycles. The van der Waals surface area contributed by atoms with Crippen molar-refractivity contribution in [3.05, 3.63) is 12.4 Å². The minimum Gasteiger partial charge on any atom is -0.330 e. The lowest BCUT2D eigenvalue weighted by Gasteiger charge is -2.35. The van der Waals surface area contributed by atoms with E-state index in [0.717, 1.165) is 30.4 Å². The predicted molar refractivity (Wildman–Crippen MR) is 76.1 cm³/mol. The average molecular weight is 300 g/mol. The van der Waals surface area contributed by atoms with Crippen LogP contribution < -0.4 is 11.1 Å². The Morgan fingerprint density at radius 1 is 1.43 bits per heavy atom. The molecule has 3 N–H and O–H groups in total. The van der Waals surface area contributed by atoms with Crippen LogP contribution in [0.5, 0.6) is 0 Å². The van der Waals surface area contributed by atoms with E-state index in [4.69, 9.17) is 5.73 Å². The van der Waals surface area contributed by atoms with E-state index in [9.17, 15) is 13.6 Å². The van der Waals surface area contributed by atoms with E-state index in [1.807, 2.05) is 0 Å². The van der Waals surface area contributed by atoms with Gasteiger partial charge in [0.1, 0.15) is 6.54 Å². The van der Waals surface area contributed by atoms with Crippen molar-refractivity contribution in [3.8, 4) is 0 Å². The summed E-state index contributed by atoms with van der Waals surface area (Å²) in [5.74, 6) is -0.126. The Balaban J connectivity index is 1.90. The highest BCUT2D eigenvalue weighted by molar-refractivity contribution is 5.90. The molecule has 0 saturated heterocycles. The second-order valence-electron chi connectivity index (χ2n) is 5.83. The molecule has 7 heteroatoms. The van der Waals surface area contributed by atoms with Gasteiger partial charge >= 0.3 is 0 Å². The number of amides is 1. The van der Waals surface area contributed by atoms with Gasteiger partial charge < -0.3 is 11.1 Å². The first-order chi connectivity index (χ1) is 10.0. The van der Waals surface area contributed by atoms with Crippen LogP contribution in [0.4, 0.5) is 14.5 Å². The van der Waals surface area contributed by atoms with Gasteiger partial charge in [0.25, 0.3) is 6.43 Å². The van der Waals surface area contributed by atoms with Crippen LogP contribution in [0.25, 0.3) is 0 Å². The minimum absolute atomic E-state index is 0.110. The first-order valence-electron chi connectivity index (χ1n) is 7.33. The number of hydrogen-bond acceptors (Lipinski definition) is 3. The van der Waals surface area contributed by atoms with Crippen LogP contribution >= 0.6 is 0 Å². The Bertz CT molecular complexity index is 469. The molecule has 0 atom stereocenters. The van der Waals surface area contributed by atoms with Crippen LogP contribution in [0, 0.1) is 5.41 Å². The van der Waals surface area contributed by atoms with Crippen molar-refractivity contribution >= 4 is 11.6 Å². The summed E-state index contributed by atoms with van der Waals surface area (Å²) in [6.07, 6.45) is 6.08. The SMILES string of the molecule is NCC1(CC(=O)Nc2cnn(CC(F)F)c2)CCCCC1. The summed E-state index contributed by atoms with van der Waals surface area (Å²) < 4.78 is 25.6. The number of carbonyl (C=O) groups is 1. The lowest BCUT2D eigenvalue weighted by molar-refractivity contribution is -0.118. The first-order valence-corrected chi connectivity index (χ1v) is 7.33. The van der Waals surface area contributed by atoms with Gasteiger partial charge in [-0.1, -0.05) is 19.3 Å². The predicted octanol–water partition coefficient (Wildman–Crippen LogP) is 2.39. The highest BCUT2D eigenvalue weighted by Crippen LogP contribution is 2.38. The van der Waals surface area contributed by atoms with E-state index in [0.29, 0.717) is 18.7 Å². The summed E-state index contributed by atoms with van der Waals surface area (Å²) in [6.45, 7) is 0.0354. The number of nitrogens with two attached hydrogens (primary N) is 1. The van der Waals surface area contributed by atoms with Gasteiger partial charge in [-0.3, -0.25) is 9.48 Å². The number of rotatable bonds is 6. The van der Waals surface area contributed by atoms with Crippen molar-refractivity contribution in [2.75, 3.05) is 11.9 Å². The monoisotopic (exact) mass is 300 g/mol. The lowest BCUT2D eigenvalue weighted by atomic mass is 9.71. The van der Waals surface area contributed by atoms with E-state index in [-0.39, 0.29) is 11.3 Å². The van der Waals surface area contributed by atoms with E-state index < -0.39 is 13.0 Å². The molecular formula is C14H22F2N4O. The zero-order valence-electron chi connectivity index (χ0n) is 12.0. The maximum Gasteiger partial charge on any atom is 0.257 e. The van der Waals surface area contributed by atoms with E-state index >= 15 is 0 Å². The third-order valence-corrected chi connectivity index (χ3v) is 4.12. The number of nitrogens with one attached hydrogen (secondary N) is 1. The van der Waals surface area contributed by atoms with Gasteiger partial charge in [-0.2, -0.15) is 5.10 Å². The van der Waals surface area contributed by atoms with Crippen molar-refractivity contribution in [3.63, 3.8) is 0 Å². The summed E-state index contributed by atoms with van der Waals surface area (Å²) in [5.41, 5.74) is 6.20. The van der Waals surface area contributed by atoms with Crippen molar-refractivity contribution in [2.45, 2.75) is 51.5 Å². The van der Waals surface area contributed by atoms with Crippen molar-refractivity contribution in [1.82, 2.24) is 9.78 Å². The van der Waals surface area contributed by atoms with Crippen LogP contribution in [-0.4, -0.2) is 28.7 Å². The Morgan fingerprint density at radius 2 is 2.14 bits per heavy atom. The number of alkyl halides is 2. The fourth-order valence-corrected chi connectivity index (χ4v) is 2.97. The molecule has 0 aliphatic heterocycles. The quantitative estimate of drug-likeness (QED) is 0.847. The summed E-state index contributed by atoms with van der Waals surface area (Å²) in [4.78, 5) is 12.1. The maximum absolute atomic E-state index is 12.2. The van der Waals surface area contributed by atoms with Gasteiger partial charge in [0.05, 0.1) is 11.9 Å². The van der Waals surface area contributed by atoms with Gasteiger partial charge in [-0.15, -0.1) is 0 Å². The molecule has 0 aromatic carbocycles. The summed E-state index contributed by atoms with van der Waals surface area (Å²) >= 11 is 0. The number of nitrogens with zero attached hydrogens (tertiary/aromatic N) is 2. The van der Waals surface area contributed by atoms with Gasteiger partial charge in [-0.25, -0.2) is 8.78 Å². The Labute approximate surface area is 122 Å². The molecule has 0 spiro atoms. The molecule has 1 fully saturated rings. The van der Waals surface area contributed by atoms with Gasteiger partial charge in [0, 0.05) is 12.6 Å². The summed E-state index contributed by atoms with van der Waals surface area (Å²) in [5, 5.41) is 6.51. The van der Waals surface area contributed by atoms with Crippen molar-refractivity contribution in [2.24, 2.45) is 11.1 Å². The molecule has 118 valence electrons. The summed E-state index contributed by atoms with van der Waals surface area (Å²) in [7, 11) is 0. The molecule has 1 aromatic rings. The second-order valence-corrected chi connectivity index (χ2v) is 5.83. The molecule has 1 aliphatic rings.